The van der Waals surface area contributed by atoms with Crippen molar-refractivity contribution >= 4 is 17.5 Å². The minimum absolute atomic E-state index is 0.0715. The highest BCUT2D eigenvalue weighted by Gasteiger charge is 2.64. The van der Waals surface area contributed by atoms with Gasteiger partial charge in [0.05, 0.1) is 12.2 Å². The van der Waals surface area contributed by atoms with Crippen molar-refractivity contribution in [2.45, 2.75) is 64.1 Å². The van der Waals surface area contributed by atoms with Crippen LogP contribution in [-0.4, -0.2) is 40.4 Å². The number of carbonyl (C=O) groups is 2. The van der Waals surface area contributed by atoms with Crippen LogP contribution in [0.4, 0.5) is 5.82 Å². The number of hydrogen-bond acceptors (Lipinski definition) is 4. The Morgan fingerprint density at radius 1 is 1.20 bits per heavy atom. The average Bonchev–Trinajstić information content (AvgIpc) is 2.99. The lowest BCUT2D eigenvalue weighted by Crippen LogP contribution is -2.45. The van der Waals surface area contributed by atoms with Gasteiger partial charge < -0.3 is 9.72 Å². The fraction of sp³-hybridized carbons (Fsp3) is 0.737. The summed E-state index contributed by atoms with van der Waals surface area (Å²) in [4.78, 5) is 35.6. The van der Waals surface area contributed by atoms with Crippen LogP contribution in [0.3, 0.4) is 0 Å². The number of imidazole rings is 1. The van der Waals surface area contributed by atoms with Crippen molar-refractivity contribution in [3.8, 4) is 0 Å². The number of ketones is 1. The molecule has 5 rings (SSSR count). The van der Waals surface area contributed by atoms with Gasteiger partial charge in [0.15, 0.2) is 11.6 Å². The van der Waals surface area contributed by atoms with Crippen LogP contribution in [-0.2, 0) is 9.53 Å². The summed E-state index contributed by atoms with van der Waals surface area (Å²) in [6.45, 7) is 4.68. The fourth-order valence-electron chi connectivity index (χ4n) is 5.40. The van der Waals surface area contributed by atoms with E-state index in [0.29, 0.717) is 54.4 Å². The first kappa shape index (κ1) is 15.6. The van der Waals surface area contributed by atoms with Gasteiger partial charge in [0, 0.05) is 12.5 Å². The van der Waals surface area contributed by atoms with Crippen molar-refractivity contribution in [2.75, 3.05) is 11.4 Å². The highest BCUT2D eigenvalue weighted by atomic mass is 16.6. The van der Waals surface area contributed by atoms with Crippen molar-refractivity contribution in [3.63, 3.8) is 0 Å². The Morgan fingerprint density at radius 3 is 2.72 bits per heavy atom. The Balaban J connectivity index is 1.51. The summed E-state index contributed by atoms with van der Waals surface area (Å²) in [5.74, 6) is 2.29. The van der Waals surface area contributed by atoms with E-state index >= 15 is 0 Å². The maximum Gasteiger partial charge on any atom is 0.239 e. The second kappa shape index (κ2) is 5.40. The van der Waals surface area contributed by atoms with Gasteiger partial charge in [-0.25, -0.2) is 4.98 Å². The average molecular weight is 343 g/mol. The molecule has 4 aliphatic rings. The largest absolute Gasteiger partial charge is 0.369 e. The maximum atomic E-state index is 12.9. The number of anilines is 1. The molecule has 2 saturated carbocycles. The highest BCUT2D eigenvalue weighted by molar-refractivity contribution is 6.20. The van der Waals surface area contributed by atoms with E-state index in [2.05, 4.69) is 4.98 Å². The third-order valence-electron chi connectivity index (χ3n) is 6.56. The summed E-state index contributed by atoms with van der Waals surface area (Å²) >= 11 is 0. The number of aromatic amines is 1. The highest BCUT2D eigenvalue weighted by Crippen LogP contribution is 2.61. The van der Waals surface area contributed by atoms with Gasteiger partial charge in [-0.3, -0.25) is 14.5 Å². The summed E-state index contributed by atoms with van der Waals surface area (Å²) < 4.78 is 5.77. The van der Waals surface area contributed by atoms with Crippen LogP contribution in [0, 0.1) is 17.8 Å². The zero-order valence-corrected chi connectivity index (χ0v) is 14.8. The number of ether oxygens (including phenoxy) is 1. The predicted molar refractivity (Wildman–Crippen MR) is 91.6 cm³/mol. The van der Waals surface area contributed by atoms with Crippen molar-refractivity contribution in [3.05, 3.63) is 11.5 Å². The third-order valence-corrected chi connectivity index (χ3v) is 6.56. The quantitative estimate of drug-likeness (QED) is 0.658. The third kappa shape index (κ3) is 2.09. The lowest BCUT2D eigenvalue weighted by molar-refractivity contribution is -0.121. The van der Waals surface area contributed by atoms with E-state index in [4.69, 9.17) is 9.72 Å². The number of Topliss-reactive ketones (excluding diaryl/α,β-unsaturated/α-hetero) is 1. The molecule has 3 heterocycles. The summed E-state index contributed by atoms with van der Waals surface area (Å²) in [6, 6.07) is 0. The maximum absolute atomic E-state index is 12.9. The van der Waals surface area contributed by atoms with Gasteiger partial charge in [-0.15, -0.1) is 0 Å². The monoisotopic (exact) mass is 343 g/mol. The molecule has 1 aromatic heterocycles. The second-order valence-electron chi connectivity index (χ2n) is 8.08. The summed E-state index contributed by atoms with van der Waals surface area (Å²) in [5.41, 5.74) is 0.553. The zero-order valence-electron chi connectivity index (χ0n) is 14.8. The number of aromatic nitrogens is 2. The molecule has 134 valence electrons. The summed E-state index contributed by atoms with van der Waals surface area (Å²) in [6.07, 6.45) is 5.48. The number of rotatable bonds is 5. The molecular formula is C19H25N3O3. The van der Waals surface area contributed by atoms with Crippen LogP contribution in [0.15, 0.2) is 0 Å². The van der Waals surface area contributed by atoms with Crippen molar-refractivity contribution in [1.29, 1.82) is 0 Å². The number of amides is 1. The van der Waals surface area contributed by atoms with E-state index in [-0.39, 0.29) is 11.7 Å². The fourth-order valence-corrected chi connectivity index (χ4v) is 5.40. The smallest absolute Gasteiger partial charge is 0.239 e. The van der Waals surface area contributed by atoms with Gasteiger partial charge in [-0.1, -0.05) is 20.3 Å². The second-order valence-corrected chi connectivity index (χ2v) is 8.08. The van der Waals surface area contributed by atoms with E-state index in [1.165, 1.54) is 6.42 Å². The van der Waals surface area contributed by atoms with E-state index in [0.717, 1.165) is 25.1 Å². The van der Waals surface area contributed by atoms with Gasteiger partial charge in [-0.2, -0.15) is 0 Å². The molecule has 1 saturated heterocycles. The molecule has 2 aliphatic carbocycles. The van der Waals surface area contributed by atoms with Crippen molar-refractivity contribution in [2.24, 2.45) is 17.8 Å². The summed E-state index contributed by atoms with van der Waals surface area (Å²) in [5, 5.41) is 0. The Hall–Kier alpha value is -1.69. The van der Waals surface area contributed by atoms with Crippen molar-refractivity contribution in [1.82, 2.24) is 9.97 Å². The molecule has 0 radical (unpaired) electrons. The van der Waals surface area contributed by atoms with Crippen LogP contribution in [0.5, 0.6) is 0 Å². The molecule has 6 atom stereocenters. The first-order chi connectivity index (χ1) is 12.1. The van der Waals surface area contributed by atoms with Gasteiger partial charge in [-0.05, 0) is 37.5 Å². The van der Waals surface area contributed by atoms with Gasteiger partial charge >= 0.3 is 0 Å². The first-order valence-corrected chi connectivity index (χ1v) is 9.75. The molecule has 1 aromatic rings. The number of nitrogens with one attached hydrogen (secondary N) is 1. The lowest BCUT2D eigenvalue weighted by atomic mass is 9.88. The molecule has 6 heteroatoms. The minimum Gasteiger partial charge on any atom is -0.369 e. The molecule has 1 amide bonds. The molecule has 2 aliphatic heterocycles. The van der Waals surface area contributed by atoms with E-state index in [1.807, 2.05) is 13.8 Å². The lowest BCUT2D eigenvalue weighted by Gasteiger charge is -2.29. The van der Waals surface area contributed by atoms with Crippen LogP contribution < -0.4 is 4.90 Å². The van der Waals surface area contributed by atoms with Gasteiger partial charge in [0.2, 0.25) is 5.91 Å². The number of hydrogen-bond donors (Lipinski definition) is 1. The standard InChI is InChI=1S/C19H25N3O3/c1-3-5-10-14(23)13-18(22(6-4-2)19(10)24)21-17(20-13)12-8-9-7-11(12)16-15(9)25-16/h9-12,15-16H,3-8H2,1-2H3,(H,20,21)/t9-,10?,11+,12+,15-,16+/m1/s1. The molecular weight excluding hydrogens is 318 g/mol. The minimum atomic E-state index is -0.548. The van der Waals surface area contributed by atoms with E-state index in [1.54, 1.807) is 4.90 Å². The topological polar surface area (TPSA) is 78.6 Å². The molecule has 3 fully saturated rings. The van der Waals surface area contributed by atoms with Crippen LogP contribution in [0.25, 0.3) is 0 Å². The number of fused-ring (bicyclic) bond motifs is 6. The Bertz CT molecular complexity index is 742. The number of carbonyl (C=O) groups excluding carboxylic acids is 2. The van der Waals surface area contributed by atoms with E-state index < -0.39 is 5.92 Å². The van der Waals surface area contributed by atoms with Crippen molar-refractivity contribution < 1.29 is 14.3 Å². The number of H-pyrrole nitrogens is 1. The van der Waals surface area contributed by atoms with Gasteiger partial charge in [0.25, 0.3) is 0 Å². The number of nitrogens with zero attached hydrogens (tertiary/aromatic N) is 2. The molecule has 1 unspecified atom stereocenters. The Morgan fingerprint density at radius 2 is 2.04 bits per heavy atom. The van der Waals surface area contributed by atoms with Crippen LogP contribution >= 0.6 is 0 Å². The summed E-state index contributed by atoms with van der Waals surface area (Å²) in [7, 11) is 0. The first-order valence-electron chi connectivity index (χ1n) is 9.75. The predicted octanol–water partition coefficient (Wildman–Crippen LogP) is 2.66. The molecule has 1 N–H and O–H groups in total. The Labute approximate surface area is 147 Å². The SMILES string of the molecule is CCCC1C(=O)c2[nH]c([C@H]3C[C@H]4C[C@@H]3[C@@H]3O[C@H]43)nc2N(CCC)C1=O. The normalized spacial score (nSPS) is 38.2. The zero-order chi connectivity index (χ0) is 17.3. The van der Waals surface area contributed by atoms with Crippen LogP contribution in [0.2, 0.25) is 0 Å². The van der Waals surface area contributed by atoms with Gasteiger partial charge in [0.1, 0.15) is 17.4 Å². The Kier molecular flexibility index (Phi) is 3.36. The molecule has 6 nitrogen and oxygen atoms in total. The van der Waals surface area contributed by atoms with E-state index in [9.17, 15) is 9.59 Å². The molecule has 0 aromatic carbocycles. The van der Waals surface area contributed by atoms with Crippen LogP contribution in [0.1, 0.15) is 68.2 Å². The molecule has 0 spiro atoms. The molecule has 2 bridgehead atoms. The number of epoxide rings is 1. The molecule has 25 heavy (non-hydrogen) atoms.